The molecule has 1 saturated heterocycles. The minimum Gasteiger partial charge on any atom is -0.342 e. The van der Waals surface area contributed by atoms with Crippen LogP contribution >= 0.6 is 0 Å². The first-order valence-electron chi connectivity index (χ1n) is 6.01. The van der Waals surface area contributed by atoms with Gasteiger partial charge in [-0.2, -0.15) is 5.26 Å². The number of nitriles is 1. The van der Waals surface area contributed by atoms with Crippen molar-refractivity contribution in [2.75, 3.05) is 11.4 Å². The first-order valence-corrected chi connectivity index (χ1v) is 7.49. The molecule has 0 saturated carbocycles. The number of benzene rings is 1. The van der Waals surface area contributed by atoms with E-state index in [1.54, 1.807) is 6.07 Å². The number of fused-ring (bicyclic) bond motifs is 3. The highest BCUT2D eigenvalue weighted by Crippen LogP contribution is 2.42. The van der Waals surface area contributed by atoms with Crippen molar-refractivity contribution in [2.24, 2.45) is 0 Å². The molecule has 1 aromatic carbocycles. The van der Waals surface area contributed by atoms with Crippen molar-refractivity contribution in [3.63, 3.8) is 0 Å². The first-order chi connectivity index (χ1) is 9.05. The van der Waals surface area contributed by atoms with Gasteiger partial charge in [0, 0.05) is 12.2 Å². The second-order valence-corrected chi connectivity index (χ2v) is 6.47. The van der Waals surface area contributed by atoms with E-state index in [-0.39, 0.29) is 9.80 Å². The molecular weight excluding hydrogens is 267 g/mol. The maximum Gasteiger partial charge on any atom is 0.220 e. The van der Waals surface area contributed by atoms with Crippen LogP contribution in [-0.2, 0) is 9.84 Å². The van der Waals surface area contributed by atoms with Crippen LogP contribution in [0.5, 0.6) is 0 Å². The van der Waals surface area contributed by atoms with Crippen LogP contribution in [0.25, 0.3) is 0 Å². The van der Waals surface area contributed by atoms with Crippen LogP contribution in [0.1, 0.15) is 19.3 Å². The Labute approximate surface area is 110 Å². The van der Waals surface area contributed by atoms with Gasteiger partial charge in [-0.15, -0.1) is 0 Å². The van der Waals surface area contributed by atoms with E-state index < -0.39 is 15.7 Å². The molecule has 0 amide bonds. The van der Waals surface area contributed by atoms with E-state index in [1.807, 2.05) is 4.90 Å². The van der Waals surface area contributed by atoms with Crippen LogP contribution in [0.2, 0.25) is 0 Å². The number of halogens is 1. The van der Waals surface area contributed by atoms with Gasteiger partial charge in [0.05, 0.1) is 10.6 Å². The van der Waals surface area contributed by atoms with E-state index in [9.17, 15) is 12.8 Å². The van der Waals surface area contributed by atoms with Gasteiger partial charge in [0.25, 0.3) is 0 Å². The molecule has 0 N–H and O–H groups in total. The van der Waals surface area contributed by atoms with E-state index in [1.165, 1.54) is 12.1 Å². The summed E-state index contributed by atoms with van der Waals surface area (Å²) in [7, 11) is -3.89. The molecule has 3 rings (SSSR count). The second-order valence-electron chi connectivity index (χ2n) is 4.61. The lowest BCUT2D eigenvalue weighted by molar-refractivity contribution is 0.584. The molecule has 0 bridgehead atoms. The fourth-order valence-electron chi connectivity index (χ4n) is 2.65. The molecule has 2 heterocycles. The highest BCUT2D eigenvalue weighted by Gasteiger charge is 2.37. The number of allylic oxidation sites excluding steroid dienone is 2. The molecule has 0 radical (unpaired) electrons. The number of hydrogen-bond acceptors (Lipinski definition) is 4. The molecule has 1 fully saturated rings. The van der Waals surface area contributed by atoms with Crippen LogP contribution in [0.15, 0.2) is 33.7 Å². The molecule has 1 aromatic rings. The predicted molar refractivity (Wildman–Crippen MR) is 67.4 cm³/mol. The Hall–Kier alpha value is -1.87. The second kappa shape index (κ2) is 4.07. The summed E-state index contributed by atoms with van der Waals surface area (Å²) in [6, 6.07) is 5.50. The summed E-state index contributed by atoms with van der Waals surface area (Å²) in [5.74, 6) is -0.611. The number of anilines is 1. The van der Waals surface area contributed by atoms with E-state index in [0.29, 0.717) is 24.4 Å². The van der Waals surface area contributed by atoms with Crippen molar-refractivity contribution in [1.29, 1.82) is 5.26 Å². The van der Waals surface area contributed by atoms with Gasteiger partial charge in [0.15, 0.2) is 4.91 Å². The summed E-state index contributed by atoms with van der Waals surface area (Å²) in [6.07, 6.45) is 2.36. The summed E-state index contributed by atoms with van der Waals surface area (Å²) in [5.41, 5.74) is 1.03. The minimum atomic E-state index is -3.89. The lowest BCUT2D eigenvalue weighted by Gasteiger charge is -2.36. The quantitative estimate of drug-likeness (QED) is 0.730. The maximum absolute atomic E-state index is 13.3. The lowest BCUT2D eigenvalue weighted by atomic mass is 10.1. The van der Waals surface area contributed by atoms with E-state index in [4.69, 9.17) is 5.26 Å². The fraction of sp³-hybridized carbons (Fsp3) is 0.308. The molecule has 4 nitrogen and oxygen atoms in total. The van der Waals surface area contributed by atoms with Crippen LogP contribution in [-0.4, -0.2) is 15.0 Å². The molecule has 0 spiro atoms. The zero-order chi connectivity index (χ0) is 13.6. The summed E-state index contributed by atoms with van der Waals surface area (Å²) in [5, 5.41) is 9.15. The Kier molecular flexibility index (Phi) is 2.61. The maximum atomic E-state index is 13.3. The third-order valence-electron chi connectivity index (χ3n) is 3.51. The molecule has 6 heteroatoms. The van der Waals surface area contributed by atoms with Crippen molar-refractivity contribution >= 4 is 15.5 Å². The average molecular weight is 278 g/mol. The molecule has 98 valence electrons. The molecule has 0 aromatic heterocycles. The topological polar surface area (TPSA) is 61.2 Å². The SMILES string of the molecule is N#CC1=C2CCCCN2c2ccc(F)cc2S1(=O)=O. The molecule has 0 aliphatic carbocycles. The van der Waals surface area contributed by atoms with Crippen LogP contribution in [0.4, 0.5) is 10.1 Å². The van der Waals surface area contributed by atoms with Crippen LogP contribution in [0.3, 0.4) is 0 Å². The van der Waals surface area contributed by atoms with Crippen molar-refractivity contribution in [1.82, 2.24) is 0 Å². The van der Waals surface area contributed by atoms with Gasteiger partial charge < -0.3 is 4.90 Å². The van der Waals surface area contributed by atoms with Gasteiger partial charge in [-0.3, -0.25) is 0 Å². The number of hydrogen-bond donors (Lipinski definition) is 0. The Morgan fingerprint density at radius 3 is 2.84 bits per heavy atom. The van der Waals surface area contributed by atoms with Gasteiger partial charge in [0.2, 0.25) is 9.84 Å². The van der Waals surface area contributed by atoms with Gasteiger partial charge in [-0.1, -0.05) is 0 Å². The molecule has 19 heavy (non-hydrogen) atoms. The summed E-state index contributed by atoms with van der Waals surface area (Å²) < 4.78 is 38.0. The summed E-state index contributed by atoms with van der Waals surface area (Å²) in [6.45, 7) is 0.661. The third-order valence-corrected chi connectivity index (χ3v) is 5.28. The molecular formula is C13H11FN2O2S. The normalized spacial score (nSPS) is 20.5. The van der Waals surface area contributed by atoms with Gasteiger partial charge in [-0.05, 0) is 37.5 Å². The summed E-state index contributed by atoms with van der Waals surface area (Å²) >= 11 is 0. The molecule has 2 aliphatic heterocycles. The van der Waals surface area contributed by atoms with Crippen LogP contribution in [0, 0.1) is 17.1 Å². The number of rotatable bonds is 0. The summed E-state index contributed by atoms with van der Waals surface area (Å²) in [4.78, 5) is 1.50. The van der Waals surface area contributed by atoms with E-state index >= 15 is 0 Å². The monoisotopic (exact) mass is 278 g/mol. The Balaban J connectivity index is 2.35. The van der Waals surface area contributed by atoms with Gasteiger partial charge >= 0.3 is 0 Å². The Bertz CT molecular complexity index is 732. The predicted octanol–water partition coefficient (Wildman–Crippen LogP) is 2.34. The average Bonchev–Trinajstić information content (AvgIpc) is 2.39. The Morgan fingerprint density at radius 2 is 2.11 bits per heavy atom. The zero-order valence-corrected chi connectivity index (χ0v) is 10.9. The van der Waals surface area contributed by atoms with E-state index in [2.05, 4.69) is 0 Å². The largest absolute Gasteiger partial charge is 0.342 e. The fourth-order valence-corrected chi connectivity index (χ4v) is 4.23. The van der Waals surface area contributed by atoms with Crippen molar-refractivity contribution in [2.45, 2.75) is 24.2 Å². The van der Waals surface area contributed by atoms with Crippen molar-refractivity contribution < 1.29 is 12.8 Å². The standard InChI is InChI=1S/C13H11FN2O2S/c14-9-4-5-11-12(7-9)19(17,18)13(8-15)10-3-1-2-6-16(10)11/h4-5,7H,1-3,6H2. The third kappa shape index (κ3) is 1.65. The first kappa shape index (κ1) is 12.2. The number of nitrogens with zero attached hydrogens (tertiary/aromatic N) is 2. The minimum absolute atomic E-state index is 0.102. The van der Waals surface area contributed by atoms with Gasteiger partial charge in [-0.25, -0.2) is 12.8 Å². The highest BCUT2D eigenvalue weighted by molar-refractivity contribution is 7.95. The number of piperidine rings is 1. The molecule has 0 unspecified atom stereocenters. The lowest BCUT2D eigenvalue weighted by Crippen LogP contribution is -2.34. The number of sulfone groups is 1. The Morgan fingerprint density at radius 1 is 1.32 bits per heavy atom. The molecule has 0 atom stereocenters. The zero-order valence-electron chi connectivity index (χ0n) is 10.1. The van der Waals surface area contributed by atoms with Crippen molar-refractivity contribution in [3.8, 4) is 6.07 Å². The smallest absolute Gasteiger partial charge is 0.220 e. The van der Waals surface area contributed by atoms with Crippen molar-refractivity contribution in [3.05, 3.63) is 34.6 Å². The van der Waals surface area contributed by atoms with Gasteiger partial charge in [0.1, 0.15) is 11.9 Å². The highest BCUT2D eigenvalue weighted by atomic mass is 32.2. The van der Waals surface area contributed by atoms with Crippen LogP contribution < -0.4 is 4.90 Å². The van der Waals surface area contributed by atoms with E-state index in [0.717, 1.165) is 18.9 Å². The molecule has 2 aliphatic rings.